The van der Waals surface area contributed by atoms with Gasteiger partial charge >= 0.3 is 0 Å². The number of aliphatic hydroxyl groups excluding tert-OH is 1. The molecule has 7 nitrogen and oxygen atoms in total. The monoisotopic (exact) mass is 491 g/mol. The average Bonchev–Trinajstić information content (AvgIpc) is 3.36. The van der Waals surface area contributed by atoms with Crippen LogP contribution in [-0.2, 0) is 4.79 Å². The lowest BCUT2D eigenvalue weighted by molar-refractivity contribution is -0.121. The van der Waals surface area contributed by atoms with Crippen molar-refractivity contribution >= 4 is 11.7 Å². The van der Waals surface area contributed by atoms with Crippen LogP contribution in [0, 0.1) is 5.92 Å². The third kappa shape index (κ3) is 5.82. The molecule has 0 aromatic carbocycles. The molecule has 0 bridgehead atoms. The van der Waals surface area contributed by atoms with Gasteiger partial charge in [0.05, 0.1) is 25.3 Å². The topological polar surface area (TPSA) is 106 Å². The van der Waals surface area contributed by atoms with Crippen molar-refractivity contribution in [1.82, 2.24) is 20.1 Å². The fraction of sp³-hybridized carbons (Fsp3) is 0.393. The number of hydrogen-bond donors (Lipinski definition) is 3. The van der Waals surface area contributed by atoms with Crippen LogP contribution in [0.1, 0.15) is 57.6 Å². The van der Waals surface area contributed by atoms with Gasteiger partial charge < -0.3 is 16.2 Å². The number of nitrogen functional groups attached to an aromatic ring is 1. The van der Waals surface area contributed by atoms with Crippen molar-refractivity contribution in [2.75, 3.05) is 12.3 Å². The summed E-state index contributed by atoms with van der Waals surface area (Å²) in [6.45, 7) is 6.00. The molecule has 4 N–H and O–H groups in total. The molecule has 2 aliphatic carbocycles. The molecule has 8 heteroatoms. The molecule has 1 amide bonds. The second-order valence-corrected chi connectivity index (χ2v) is 9.86. The van der Waals surface area contributed by atoms with E-state index in [4.69, 9.17) is 5.73 Å². The van der Waals surface area contributed by atoms with Crippen LogP contribution in [0.3, 0.4) is 0 Å². The van der Waals surface area contributed by atoms with Crippen molar-refractivity contribution in [3.05, 3.63) is 77.6 Å². The van der Waals surface area contributed by atoms with E-state index in [0.717, 1.165) is 28.7 Å². The predicted molar refractivity (Wildman–Crippen MR) is 140 cm³/mol. The lowest BCUT2D eigenvalue weighted by Crippen LogP contribution is -2.39. The molecule has 0 radical (unpaired) electrons. The van der Waals surface area contributed by atoms with Gasteiger partial charge in [0, 0.05) is 47.5 Å². The number of nitrogens with one attached hydrogen (secondary N) is 1. The van der Waals surface area contributed by atoms with E-state index in [1.807, 2.05) is 35.2 Å². The number of pyridine rings is 1. The SMILES string of the molecule is CC1C=CC([C@@H](CO)NC(=O)CC2=C(F)CC(c3cc(-c4cnn(C(C)C)c4)cnc3N)C=C2)=CC1. The molecule has 2 heterocycles. The summed E-state index contributed by atoms with van der Waals surface area (Å²) in [7, 11) is 0. The first kappa shape index (κ1) is 25.6. The van der Waals surface area contributed by atoms with Crippen LogP contribution in [-0.4, -0.2) is 38.4 Å². The van der Waals surface area contributed by atoms with Gasteiger partial charge in [-0.1, -0.05) is 37.3 Å². The summed E-state index contributed by atoms with van der Waals surface area (Å²) in [6, 6.07) is 1.67. The molecule has 0 aliphatic heterocycles. The Kier molecular flexibility index (Phi) is 7.84. The molecule has 2 aromatic rings. The Morgan fingerprint density at radius 2 is 2.08 bits per heavy atom. The highest BCUT2D eigenvalue weighted by molar-refractivity contribution is 5.80. The minimum atomic E-state index is -0.501. The van der Waals surface area contributed by atoms with Gasteiger partial charge in [-0.3, -0.25) is 9.48 Å². The highest BCUT2D eigenvalue weighted by atomic mass is 19.1. The van der Waals surface area contributed by atoms with Gasteiger partial charge in [-0.15, -0.1) is 0 Å². The van der Waals surface area contributed by atoms with E-state index in [-0.39, 0.29) is 43.1 Å². The molecule has 0 saturated heterocycles. The van der Waals surface area contributed by atoms with E-state index < -0.39 is 6.04 Å². The normalized spacial score (nSPS) is 20.6. The standard InChI is InChI=1S/C28H34FN5O2/c1-17(2)34-15-23(14-32-34)22-10-24(28(30)31-13-22)20-8-9-21(25(29)11-20)12-27(36)33-26(16-35)19-6-4-18(3)5-7-19/h4,6-10,13-15,17-18,20,26,35H,5,11-12,16H2,1-3H3,(H2,30,31)(H,33,36)/t18?,20?,26-/m1/s1. The maximum absolute atomic E-state index is 15.1. The number of carbonyl (C=O) groups is 1. The first-order valence-electron chi connectivity index (χ1n) is 12.4. The van der Waals surface area contributed by atoms with Crippen LogP contribution in [0.25, 0.3) is 11.1 Å². The van der Waals surface area contributed by atoms with Gasteiger partial charge in [0.15, 0.2) is 0 Å². The summed E-state index contributed by atoms with van der Waals surface area (Å²) in [6.07, 6.45) is 15.8. The molecule has 0 spiro atoms. The Bertz CT molecular complexity index is 1240. The molecular formula is C28H34FN5O2. The summed E-state index contributed by atoms with van der Waals surface area (Å²) in [5.74, 6) is -0.172. The first-order chi connectivity index (χ1) is 17.2. The molecule has 2 aliphatic rings. The summed E-state index contributed by atoms with van der Waals surface area (Å²) in [5, 5.41) is 17.0. The Morgan fingerprint density at radius 3 is 2.72 bits per heavy atom. The maximum Gasteiger partial charge on any atom is 0.225 e. The quantitative estimate of drug-likeness (QED) is 0.493. The molecule has 2 unspecified atom stereocenters. The lowest BCUT2D eigenvalue weighted by Gasteiger charge is -2.23. The van der Waals surface area contributed by atoms with Gasteiger partial charge in [-0.05, 0) is 43.4 Å². The summed E-state index contributed by atoms with van der Waals surface area (Å²) >= 11 is 0. The number of allylic oxidation sites excluding steroid dienone is 5. The second kappa shape index (κ2) is 11.0. The van der Waals surface area contributed by atoms with Crippen LogP contribution < -0.4 is 11.1 Å². The zero-order valence-electron chi connectivity index (χ0n) is 21.0. The van der Waals surface area contributed by atoms with Crippen molar-refractivity contribution in [1.29, 1.82) is 0 Å². The van der Waals surface area contributed by atoms with E-state index in [9.17, 15) is 9.90 Å². The summed E-state index contributed by atoms with van der Waals surface area (Å²) < 4.78 is 17.0. The highest BCUT2D eigenvalue weighted by Gasteiger charge is 2.24. The molecule has 0 saturated carbocycles. The Labute approximate surface area is 211 Å². The van der Waals surface area contributed by atoms with Crippen molar-refractivity contribution in [2.45, 2.75) is 58.0 Å². The molecular weight excluding hydrogens is 457 g/mol. The van der Waals surface area contributed by atoms with E-state index >= 15 is 4.39 Å². The van der Waals surface area contributed by atoms with E-state index in [0.29, 0.717) is 17.3 Å². The summed E-state index contributed by atoms with van der Waals surface area (Å²) in [5.41, 5.74) is 9.89. The zero-order chi connectivity index (χ0) is 25.8. The van der Waals surface area contributed by atoms with Crippen molar-refractivity contribution in [3.63, 3.8) is 0 Å². The third-order valence-corrected chi connectivity index (χ3v) is 6.70. The molecule has 4 rings (SSSR count). The molecule has 3 atom stereocenters. The van der Waals surface area contributed by atoms with Crippen LogP contribution in [0.2, 0.25) is 0 Å². The fourth-order valence-electron chi connectivity index (χ4n) is 4.46. The fourth-order valence-corrected chi connectivity index (χ4v) is 4.46. The predicted octanol–water partition coefficient (Wildman–Crippen LogP) is 4.76. The molecule has 2 aromatic heterocycles. The number of rotatable bonds is 8. The number of aromatic nitrogens is 3. The minimum Gasteiger partial charge on any atom is -0.394 e. The minimum absolute atomic E-state index is 0.0961. The largest absolute Gasteiger partial charge is 0.394 e. The van der Waals surface area contributed by atoms with Crippen molar-refractivity contribution in [3.8, 4) is 11.1 Å². The smallest absolute Gasteiger partial charge is 0.225 e. The van der Waals surface area contributed by atoms with Crippen LogP contribution >= 0.6 is 0 Å². The number of aliphatic hydroxyl groups is 1. The van der Waals surface area contributed by atoms with Crippen molar-refractivity contribution in [2.24, 2.45) is 5.92 Å². The Hall–Kier alpha value is -3.52. The Balaban J connectivity index is 1.43. The zero-order valence-corrected chi connectivity index (χ0v) is 21.0. The second-order valence-electron chi connectivity index (χ2n) is 9.86. The highest BCUT2D eigenvalue weighted by Crippen LogP contribution is 2.37. The van der Waals surface area contributed by atoms with E-state index in [1.165, 1.54) is 0 Å². The third-order valence-electron chi connectivity index (χ3n) is 6.70. The maximum atomic E-state index is 15.1. The number of nitrogens with zero attached hydrogens (tertiary/aromatic N) is 3. The number of anilines is 1. The molecule has 0 fully saturated rings. The average molecular weight is 492 g/mol. The van der Waals surface area contributed by atoms with Crippen LogP contribution in [0.5, 0.6) is 0 Å². The Morgan fingerprint density at radius 1 is 1.28 bits per heavy atom. The number of hydrogen-bond acceptors (Lipinski definition) is 5. The van der Waals surface area contributed by atoms with Gasteiger partial charge in [0.25, 0.3) is 0 Å². The number of amides is 1. The van der Waals surface area contributed by atoms with Gasteiger partial charge in [-0.25, -0.2) is 9.37 Å². The number of carbonyl (C=O) groups excluding carboxylic acids is 1. The number of nitrogens with two attached hydrogens (primary N) is 1. The summed E-state index contributed by atoms with van der Waals surface area (Å²) in [4.78, 5) is 17.0. The lowest BCUT2D eigenvalue weighted by atomic mass is 9.87. The van der Waals surface area contributed by atoms with Gasteiger partial charge in [0.2, 0.25) is 5.91 Å². The van der Waals surface area contributed by atoms with Crippen LogP contribution in [0.4, 0.5) is 10.2 Å². The van der Waals surface area contributed by atoms with E-state index in [2.05, 4.69) is 42.2 Å². The molecule has 36 heavy (non-hydrogen) atoms. The van der Waals surface area contributed by atoms with E-state index in [1.54, 1.807) is 18.5 Å². The number of halogens is 1. The van der Waals surface area contributed by atoms with Crippen molar-refractivity contribution < 1.29 is 14.3 Å². The molecule has 190 valence electrons. The first-order valence-corrected chi connectivity index (χ1v) is 12.4. The van der Waals surface area contributed by atoms with Gasteiger partial charge in [0.1, 0.15) is 11.6 Å². The van der Waals surface area contributed by atoms with Gasteiger partial charge in [-0.2, -0.15) is 5.10 Å². The van der Waals surface area contributed by atoms with Crippen LogP contribution in [0.15, 0.2) is 72.0 Å².